The van der Waals surface area contributed by atoms with Gasteiger partial charge in [0.25, 0.3) is 20.2 Å². The van der Waals surface area contributed by atoms with E-state index in [0.29, 0.717) is 34.6 Å². The molecule has 4 rings (SSSR count). The van der Waals surface area contributed by atoms with E-state index >= 15 is 0 Å². The van der Waals surface area contributed by atoms with Gasteiger partial charge in [-0.2, -0.15) is 16.8 Å². The molecule has 0 amide bonds. The SMILES string of the molecule is CCN1CS(=NN=S2CN(CC)c3ccc(S(=O)(=O)O)cc32)c2cc(S(=O)(=O)O)ccc21.N.N. The molecule has 0 bridgehead atoms. The maximum absolute atomic E-state index is 11.6. The van der Waals surface area contributed by atoms with E-state index in [-0.39, 0.29) is 22.1 Å². The van der Waals surface area contributed by atoms with Crippen LogP contribution in [0.1, 0.15) is 13.8 Å². The highest BCUT2D eigenvalue weighted by Gasteiger charge is 2.28. The molecule has 2 unspecified atom stereocenters. The van der Waals surface area contributed by atoms with Gasteiger partial charge >= 0.3 is 0 Å². The molecular weight excluding hydrogens is 525 g/mol. The Morgan fingerprint density at radius 2 is 1.12 bits per heavy atom. The average Bonchev–Trinajstić information content (AvgIpc) is 3.27. The number of fused-ring (bicyclic) bond motifs is 2. The maximum Gasteiger partial charge on any atom is 0.294 e. The fourth-order valence-electron chi connectivity index (χ4n) is 3.53. The first-order chi connectivity index (χ1) is 15.0. The minimum atomic E-state index is -4.34. The highest BCUT2D eigenvalue weighted by Crippen LogP contribution is 2.37. The average molecular weight is 553 g/mol. The van der Waals surface area contributed by atoms with Crippen molar-refractivity contribution in [3.63, 3.8) is 0 Å². The number of benzene rings is 2. The van der Waals surface area contributed by atoms with E-state index in [1.54, 1.807) is 12.1 Å². The van der Waals surface area contributed by atoms with Gasteiger partial charge in [-0.05, 0) is 71.6 Å². The quantitative estimate of drug-likeness (QED) is 0.314. The van der Waals surface area contributed by atoms with E-state index in [1.807, 2.05) is 13.8 Å². The molecular formula is C18H28N6O6S4. The minimum Gasteiger partial charge on any atom is -0.360 e. The largest absolute Gasteiger partial charge is 0.360 e. The van der Waals surface area contributed by atoms with Crippen LogP contribution >= 0.6 is 0 Å². The monoisotopic (exact) mass is 552 g/mol. The molecule has 16 heteroatoms. The second-order valence-corrected chi connectivity index (χ2v) is 13.1. The second kappa shape index (κ2) is 10.4. The molecule has 0 aromatic heterocycles. The van der Waals surface area contributed by atoms with Gasteiger partial charge in [0.05, 0.1) is 32.9 Å². The third kappa shape index (κ3) is 5.33. The van der Waals surface area contributed by atoms with Gasteiger partial charge < -0.3 is 22.1 Å². The van der Waals surface area contributed by atoms with Crippen molar-refractivity contribution in [2.45, 2.75) is 33.4 Å². The Morgan fingerprint density at radius 3 is 1.41 bits per heavy atom. The summed E-state index contributed by atoms with van der Waals surface area (Å²) in [6.45, 7) is 5.37. The number of anilines is 2. The van der Waals surface area contributed by atoms with E-state index in [2.05, 4.69) is 18.7 Å². The van der Waals surface area contributed by atoms with Crippen LogP contribution in [0, 0.1) is 0 Å². The van der Waals surface area contributed by atoms with Crippen molar-refractivity contribution in [1.29, 1.82) is 0 Å². The molecule has 2 aliphatic rings. The first-order valence-electron chi connectivity index (χ1n) is 9.59. The molecule has 2 aromatic rings. The number of nitrogens with zero attached hydrogens (tertiary/aromatic N) is 4. The summed E-state index contributed by atoms with van der Waals surface area (Å²) in [7, 11) is -10.2. The topological polar surface area (TPSA) is 210 Å². The molecule has 0 radical (unpaired) electrons. The standard InChI is InChI=1S/C18H22N4O6S4.2H3N/c1-3-21-11-29(17-9-13(31(23,24)25)5-7-15(17)21)19-20-30-12-22(4-2)16-8-6-14(10-18(16)30)32(26,27)28;;/h5-10H,3-4,11-12H2,1-2H3,(H,23,24,25)(H,26,27,28);2*1H3. The molecule has 2 atom stereocenters. The van der Waals surface area contributed by atoms with E-state index in [0.717, 1.165) is 11.4 Å². The van der Waals surface area contributed by atoms with E-state index in [1.165, 1.54) is 24.3 Å². The van der Waals surface area contributed by atoms with Gasteiger partial charge in [-0.1, -0.05) is 0 Å². The predicted octanol–water partition coefficient (Wildman–Crippen LogP) is 3.04. The molecule has 0 saturated carbocycles. The zero-order valence-corrected chi connectivity index (χ0v) is 21.9. The van der Waals surface area contributed by atoms with Gasteiger partial charge in [0.15, 0.2) is 0 Å². The van der Waals surface area contributed by atoms with Crippen molar-refractivity contribution in [3.8, 4) is 0 Å². The summed E-state index contributed by atoms with van der Waals surface area (Å²) in [5.41, 5.74) is 1.70. The van der Waals surface area contributed by atoms with Gasteiger partial charge in [0.1, 0.15) is 0 Å². The van der Waals surface area contributed by atoms with Crippen molar-refractivity contribution < 1.29 is 25.9 Å². The lowest BCUT2D eigenvalue weighted by Crippen LogP contribution is -2.20. The van der Waals surface area contributed by atoms with Gasteiger partial charge in [-0.25, -0.2) is 0 Å². The molecule has 2 aliphatic heterocycles. The van der Waals surface area contributed by atoms with Crippen molar-refractivity contribution in [1.82, 2.24) is 12.3 Å². The molecule has 190 valence electrons. The normalized spacial score (nSPS) is 19.5. The van der Waals surface area contributed by atoms with Crippen LogP contribution in [-0.4, -0.2) is 50.8 Å². The van der Waals surface area contributed by atoms with Crippen molar-refractivity contribution in [2.24, 2.45) is 8.94 Å². The van der Waals surface area contributed by atoms with Gasteiger partial charge in [-0.15, -0.1) is 8.94 Å². The highest BCUT2D eigenvalue weighted by atomic mass is 32.2. The Bertz CT molecular complexity index is 1270. The van der Waals surface area contributed by atoms with Crippen LogP contribution in [0.3, 0.4) is 0 Å². The van der Waals surface area contributed by atoms with Crippen LogP contribution in [0.5, 0.6) is 0 Å². The fraction of sp³-hybridized carbons (Fsp3) is 0.333. The highest BCUT2D eigenvalue weighted by molar-refractivity contribution is 7.90. The second-order valence-electron chi connectivity index (χ2n) is 7.07. The van der Waals surface area contributed by atoms with Gasteiger partial charge in [-0.3, -0.25) is 9.11 Å². The molecule has 0 fully saturated rings. The first kappa shape index (κ1) is 28.3. The summed E-state index contributed by atoms with van der Waals surface area (Å²) in [5, 5.41) is 0. The lowest BCUT2D eigenvalue weighted by molar-refractivity contribution is 0.480. The fourth-order valence-corrected chi connectivity index (χ4v) is 8.53. The van der Waals surface area contributed by atoms with Gasteiger partial charge in [0, 0.05) is 22.9 Å². The van der Waals surface area contributed by atoms with E-state index in [4.69, 9.17) is 0 Å². The zero-order chi connectivity index (χ0) is 23.3. The van der Waals surface area contributed by atoms with Crippen molar-refractivity contribution in [2.75, 3.05) is 34.6 Å². The van der Waals surface area contributed by atoms with Crippen LogP contribution in [0.25, 0.3) is 0 Å². The third-order valence-corrected chi connectivity index (χ3v) is 10.3. The lowest BCUT2D eigenvalue weighted by Gasteiger charge is -2.15. The van der Waals surface area contributed by atoms with Crippen molar-refractivity contribution >= 4 is 53.0 Å². The summed E-state index contributed by atoms with van der Waals surface area (Å²) >= 11 is 0. The van der Waals surface area contributed by atoms with Crippen LogP contribution in [0.4, 0.5) is 11.4 Å². The summed E-state index contributed by atoms with van der Waals surface area (Å²) in [4.78, 5) is 5.12. The number of rotatable bonds is 5. The van der Waals surface area contributed by atoms with Crippen LogP contribution in [0.15, 0.2) is 64.9 Å². The van der Waals surface area contributed by atoms with Crippen LogP contribution < -0.4 is 22.1 Å². The molecule has 2 heterocycles. The first-order valence-corrected chi connectivity index (χ1v) is 15.2. The maximum atomic E-state index is 11.6. The van der Waals surface area contributed by atoms with Crippen LogP contribution in [-0.2, 0) is 41.6 Å². The van der Waals surface area contributed by atoms with E-state index in [9.17, 15) is 25.9 Å². The summed E-state index contributed by atoms with van der Waals surface area (Å²) in [6.07, 6.45) is 0. The summed E-state index contributed by atoms with van der Waals surface area (Å²) in [5.74, 6) is 1.08. The molecule has 2 aromatic carbocycles. The Kier molecular flexibility index (Phi) is 8.64. The minimum absolute atomic E-state index is 0. The Balaban J connectivity index is 0.00000204. The Hall–Kier alpha value is -1.92. The van der Waals surface area contributed by atoms with Crippen LogP contribution in [0.2, 0.25) is 0 Å². The van der Waals surface area contributed by atoms with Gasteiger partial charge in [0.2, 0.25) is 0 Å². The van der Waals surface area contributed by atoms with E-state index < -0.39 is 41.6 Å². The molecule has 34 heavy (non-hydrogen) atoms. The predicted molar refractivity (Wildman–Crippen MR) is 134 cm³/mol. The summed E-state index contributed by atoms with van der Waals surface area (Å²) in [6, 6.07) is 8.92. The summed E-state index contributed by atoms with van der Waals surface area (Å²) < 4.78 is 74.3. The molecule has 8 N–H and O–H groups in total. The Morgan fingerprint density at radius 1 is 0.765 bits per heavy atom. The zero-order valence-electron chi connectivity index (χ0n) is 18.7. The Labute approximate surface area is 204 Å². The van der Waals surface area contributed by atoms with Crippen molar-refractivity contribution in [3.05, 3.63) is 36.4 Å². The molecule has 0 aliphatic carbocycles. The molecule has 0 saturated heterocycles. The molecule has 12 nitrogen and oxygen atoms in total. The molecule has 0 spiro atoms. The smallest absolute Gasteiger partial charge is 0.294 e. The number of hydrogen-bond acceptors (Lipinski definition) is 8. The lowest BCUT2D eigenvalue weighted by atomic mass is 10.3. The third-order valence-electron chi connectivity index (χ3n) is 5.20. The number of hydrogen-bond donors (Lipinski definition) is 4.